The smallest absolute Gasteiger partial charge is 0.0642 e. The van der Waals surface area contributed by atoms with E-state index in [0.29, 0.717) is 5.41 Å². The van der Waals surface area contributed by atoms with Gasteiger partial charge in [0.15, 0.2) is 0 Å². The summed E-state index contributed by atoms with van der Waals surface area (Å²) >= 11 is 6.50. The topological polar surface area (TPSA) is 15.3 Å². The summed E-state index contributed by atoms with van der Waals surface area (Å²) in [5.41, 5.74) is 3.02. The SMILES string of the molecule is CCNCc1cccc(Cl)c1N1CCCC(C)(C)CC1. The predicted octanol–water partition coefficient (Wildman–Crippen LogP) is 4.47. The van der Waals surface area contributed by atoms with Crippen molar-refractivity contribution in [2.75, 3.05) is 24.5 Å². The molecule has 0 aliphatic carbocycles. The summed E-state index contributed by atoms with van der Waals surface area (Å²) in [7, 11) is 0. The number of hydrogen-bond donors (Lipinski definition) is 1. The molecular weight excluding hydrogens is 268 g/mol. The van der Waals surface area contributed by atoms with E-state index in [0.717, 1.165) is 31.2 Å². The quantitative estimate of drug-likeness (QED) is 0.881. The molecule has 0 aromatic heterocycles. The van der Waals surface area contributed by atoms with Crippen molar-refractivity contribution < 1.29 is 0 Å². The lowest BCUT2D eigenvalue weighted by Gasteiger charge is -2.28. The normalized spacial score (nSPS) is 18.9. The second-order valence-corrected chi connectivity index (χ2v) is 6.94. The number of para-hydroxylation sites is 1. The zero-order valence-electron chi connectivity index (χ0n) is 13.0. The standard InChI is InChI=1S/C17H27ClN2/c1-4-19-13-14-7-5-8-15(18)16(14)20-11-6-9-17(2,3)10-12-20/h5,7-8,19H,4,6,9-13H2,1-3H3. The van der Waals surface area contributed by atoms with Crippen LogP contribution in [0.4, 0.5) is 5.69 Å². The van der Waals surface area contributed by atoms with E-state index in [1.54, 1.807) is 0 Å². The number of benzene rings is 1. The molecular formula is C17H27ClN2. The third-order valence-corrected chi connectivity index (χ3v) is 4.60. The second-order valence-electron chi connectivity index (χ2n) is 6.53. The molecule has 1 saturated heterocycles. The Morgan fingerprint density at radius 2 is 2.05 bits per heavy atom. The molecule has 112 valence electrons. The van der Waals surface area contributed by atoms with Crippen LogP contribution in [0.2, 0.25) is 5.02 Å². The fraction of sp³-hybridized carbons (Fsp3) is 0.647. The molecule has 0 unspecified atom stereocenters. The largest absolute Gasteiger partial charge is 0.370 e. The number of hydrogen-bond acceptors (Lipinski definition) is 2. The zero-order valence-corrected chi connectivity index (χ0v) is 13.8. The molecule has 20 heavy (non-hydrogen) atoms. The highest BCUT2D eigenvalue weighted by molar-refractivity contribution is 6.33. The van der Waals surface area contributed by atoms with Crippen LogP contribution in [0.1, 0.15) is 45.6 Å². The number of rotatable bonds is 4. The first-order valence-corrected chi connectivity index (χ1v) is 8.14. The minimum Gasteiger partial charge on any atom is -0.370 e. The van der Waals surface area contributed by atoms with Gasteiger partial charge < -0.3 is 10.2 Å². The summed E-state index contributed by atoms with van der Waals surface area (Å²) in [6.45, 7) is 11.0. The minimum atomic E-state index is 0.456. The third-order valence-electron chi connectivity index (χ3n) is 4.29. The van der Waals surface area contributed by atoms with Crippen molar-refractivity contribution in [2.45, 2.75) is 46.6 Å². The van der Waals surface area contributed by atoms with Crippen LogP contribution in [-0.4, -0.2) is 19.6 Å². The molecule has 2 nitrogen and oxygen atoms in total. The summed E-state index contributed by atoms with van der Waals surface area (Å²) < 4.78 is 0. The number of nitrogens with one attached hydrogen (secondary N) is 1. The minimum absolute atomic E-state index is 0.456. The van der Waals surface area contributed by atoms with E-state index in [2.05, 4.69) is 43.1 Å². The highest BCUT2D eigenvalue weighted by Gasteiger charge is 2.25. The van der Waals surface area contributed by atoms with E-state index in [1.165, 1.54) is 30.5 Å². The van der Waals surface area contributed by atoms with Gasteiger partial charge in [-0.2, -0.15) is 0 Å². The Balaban J connectivity index is 2.22. The first-order valence-electron chi connectivity index (χ1n) is 7.76. The fourth-order valence-electron chi connectivity index (χ4n) is 2.96. The summed E-state index contributed by atoms with van der Waals surface area (Å²) in [6, 6.07) is 6.27. The van der Waals surface area contributed by atoms with Crippen LogP contribution in [0.25, 0.3) is 0 Å². The number of halogens is 1. The van der Waals surface area contributed by atoms with Gasteiger partial charge in [0.25, 0.3) is 0 Å². The van der Waals surface area contributed by atoms with Crippen molar-refractivity contribution in [2.24, 2.45) is 5.41 Å². The predicted molar refractivity (Wildman–Crippen MR) is 88.7 cm³/mol. The molecule has 1 aromatic carbocycles. The highest BCUT2D eigenvalue weighted by Crippen LogP contribution is 2.36. The van der Waals surface area contributed by atoms with Crippen molar-refractivity contribution in [1.29, 1.82) is 0 Å². The molecule has 1 fully saturated rings. The maximum absolute atomic E-state index is 6.50. The Labute approximate surface area is 128 Å². The van der Waals surface area contributed by atoms with Crippen molar-refractivity contribution >= 4 is 17.3 Å². The van der Waals surface area contributed by atoms with Gasteiger partial charge in [-0.05, 0) is 42.9 Å². The monoisotopic (exact) mass is 294 g/mol. The van der Waals surface area contributed by atoms with Gasteiger partial charge in [-0.1, -0.05) is 44.5 Å². The molecule has 1 aliphatic rings. The van der Waals surface area contributed by atoms with Crippen molar-refractivity contribution in [3.05, 3.63) is 28.8 Å². The maximum Gasteiger partial charge on any atom is 0.0642 e. The lowest BCUT2D eigenvalue weighted by Crippen LogP contribution is -2.27. The molecule has 1 heterocycles. The molecule has 3 heteroatoms. The molecule has 0 spiro atoms. The van der Waals surface area contributed by atoms with E-state index < -0.39 is 0 Å². The van der Waals surface area contributed by atoms with Gasteiger partial charge in [-0.3, -0.25) is 0 Å². The molecule has 0 atom stereocenters. The van der Waals surface area contributed by atoms with Gasteiger partial charge in [0.2, 0.25) is 0 Å². The summed E-state index contributed by atoms with van der Waals surface area (Å²) in [4.78, 5) is 2.49. The van der Waals surface area contributed by atoms with Crippen LogP contribution in [0, 0.1) is 5.41 Å². The summed E-state index contributed by atoms with van der Waals surface area (Å²) in [6.07, 6.45) is 3.79. The first kappa shape index (κ1) is 15.7. The van der Waals surface area contributed by atoms with Crippen LogP contribution < -0.4 is 10.2 Å². The van der Waals surface area contributed by atoms with Gasteiger partial charge in [0, 0.05) is 19.6 Å². The van der Waals surface area contributed by atoms with E-state index in [9.17, 15) is 0 Å². The molecule has 1 N–H and O–H groups in total. The third kappa shape index (κ3) is 3.89. The highest BCUT2D eigenvalue weighted by atomic mass is 35.5. The molecule has 0 radical (unpaired) electrons. The summed E-state index contributed by atoms with van der Waals surface area (Å²) in [5, 5.41) is 4.31. The Hall–Kier alpha value is -0.730. The lowest BCUT2D eigenvalue weighted by molar-refractivity contribution is 0.325. The van der Waals surface area contributed by atoms with Gasteiger partial charge in [0.05, 0.1) is 10.7 Å². The van der Waals surface area contributed by atoms with Crippen LogP contribution in [-0.2, 0) is 6.54 Å². The second kappa shape index (κ2) is 6.82. The Bertz CT molecular complexity index is 443. The maximum atomic E-state index is 6.50. The Morgan fingerprint density at radius 3 is 2.80 bits per heavy atom. The van der Waals surface area contributed by atoms with Gasteiger partial charge >= 0.3 is 0 Å². The lowest BCUT2D eigenvalue weighted by atomic mass is 9.85. The number of nitrogens with zero attached hydrogens (tertiary/aromatic N) is 1. The van der Waals surface area contributed by atoms with Gasteiger partial charge in [-0.25, -0.2) is 0 Å². The van der Waals surface area contributed by atoms with Crippen molar-refractivity contribution in [1.82, 2.24) is 5.32 Å². The molecule has 0 amide bonds. The Morgan fingerprint density at radius 1 is 1.25 bits per heavy atom. The van der Waals surface area contributed by atoms with E-state index >= 15 is 0 Å². The van der Waals surface area contributed by atoms with E-state index in [4.69, 9.17) is 11.6 Å². The fourth-order valence-corrected chi connectivity index (χ4v) is 3.28. The summed E-state index contributed by atoms with van der Waals surface area (Å²) in [5.74, 6) is 0. The van der Waals surface area contributed by atoms with Crippen molar-refractivity contribution in [3.63, 3.8) is 0 Å². The first-order chi connectivity index (χ1) is 9.53. The van der Waals surface area contributed by atoms with Crippen LogP contribution >= 0.6 is 11.6 Å². The Kier molecular flexibility index (Phi) is 5.34. The molecule has 0 saturated carbocycles. The number of anilines is 1. The van der Waals surface area contributed by atoms with Crippen molar-refractivity contribution in [3.8, 4) is 0 Å². The molecule has 2 rings (SSSR count). The molecule has 1 aromatic rings. The molecule has 0 bridgehead atoms. The van der Waals surface area contributed by atoms with E-state index in [-0.39, 0.29) is 0 Å². The molecule has 1 aliphatic heterocycles. The average molecular weight is 295 g/mol. The van der Waals surface area contributed by atoms with Gasteiger partial charge in [-0.15, -0.1) is 0 Å². The van der Waals surface area contributed by atoms with Crippen LogP contribution in [0.15, 0.2) is 18.2 Å². The van der Waals surface area contributed by atoms with Crippen LogP contribution in [0.5, 0.6) is 0 Å². The van der Waals surface area contributed by atoms with Crippen LogP contribution in [0.3, 0.4) is 0 Å². The zero-order chi connectivity index (χ0) is 14.6. The van der Waals surface area contributed by atoms with E-state index in [1.807, 2.05) is 6.07 Å². The van der Waals surface area contributed by atoms with Gasteiger partial charge in [0.1, 0.15) is 0 Å². The average Bonchev–Trinajstić information content (AvgIpc) is 2.57.